The SMILES string of the molecule is O=C(O)NCC1Cc2cccc(Br)c2O1. The van der Waals surface area contributed by atoms with Gasteiger partial charge < -0.3 is 15.2 Å². The van der Waals surface area contributed by atoms with Gasteiger partial charge in [-0.05, 0) is 27.6 Å². The number of para-hydroxylation sites is 1. The van der Waals surface area contributed by atoms with Crippen molar-refractivity contribution in [2.75, 3.05) is 6.54 Å². The molecule has 1 aromatic carbocycles. The molecule has 5 heteroatoms. The fraction of sp³-hybridized carbons (Fsp3) is 0.300. The average molecular weight is 272 g/mol. The molecule has 0 fully saturated rings. The number of hydrogen-bond acceptors (Lipinski definition) is 2. The summed E-state index contributed by atoms with van der Waals surface area (Å²) in [6.07, 6.45) is -0.377. The van der Waals surface area contributed by atoms with Gasteiger partial charge in [0.05, 0.1) is 11.0 Å². The molecule has 2 N–H and O–H groups in total. The van der Waals surface area contributed by atoms with E-state index in [4.69, 9.17) is 9.84 Å². The number of ether oxygens (including phenoxy) is 1. The van der Waals surface area contributed by atoms with E-state index in [2.05, 4.69) is 21.2 Å². The third-order valence-electron chi connectivity index (χ3n) is 2.26. The number of halogens is 1. The maximum Gasteiger partial charge on any atom is 0.404 e. The van der Waals surface area contributed by atoms with Crippen molar-refractivity contribution < 1.29 is 14.6 Å². The minimum atomic E-state index is -1.02. The summed E-state index contributed by atoms with van der Waals surface area (Å²) in [6, 6.07) is 5.84. The number of fused-ring (bicyclic) bond motifs is 1. The summed E-state index contributed by atoms with van der Waals surface area (Å²) in [5.41, 5.74) is 1.11. The third kappa shape index (κ3) is 2.23. The molecule has 0 bridgehead atoms. The predicted octanol–water partition coefficient (Wildman–Crippen LogP) is 2.02. The highest BCUT2D eigenvalue weighted by Crippen LogP contribution is 2.35. The normalized spacial score (nSPS) is 18.1. The second-order valence-corrected chi connectivity index (χ2v) is 4.21. The van der Waals surface area contributed by atoms with Crippen LogP contribution in [0.4, 0.5) is 4.79 Å². The van der Waals surface area contributed by atoms with E-state index >= 15 is 0 Å². The van der Waals surface area contributed by atoms with Crippen LogP contribution in [0.2, 0.25) is 0 Å². The van der Waals surface area contributed by atoms with Crippen LogP contribution in [0.1, 0.15) is 5.56 Å². The highest BCUT2D eigenvalue weighted by Gasteiger charge is 2.24. The Bertz CT molecular complexity index is 394. The van der Waals surface area contributed by atoms with E-state index in [1.54, 1.807) is 0 Å². The highest BCUT2D eigenvalue weighted by molar-refractivity contribution is 9.10. The van der Waals surface area contributed by atoms with Gasteiger partial charge in [-0.25, -0.2) is 4.79 Å². The number of nitrogens with one attached hydrogen (secondary N) is 1. The minimum Gasteiger partial charge on any atom is -0.487 e. The molecule has 0 spiro atoms. The van der Waals surface area contributed by atoms with E-state index in [1.165, 1.54) is 0 Å². The van der Waals surface area contributed by atoms with Crippen molar-refractivity contribution >= 4 is 22.0 Å². The van der Waals surface area contributed by atoms with Gasteiger partial charge in [-0.3, -0.25) is 0 Å². The molecule has 0 saturated heterocycles. The summed E-state index contributed by atoms with van der Waals surface area (Å²) >= 11 is 3.39. The van der Waals surface area contributed by atoms with Crippen LogP contribution < -0.4 is 10.1 Å². The number of amides is 1. The smallest absolute Gasteiger partial charge is 0.404 e. The molecule has 2 rings (SSSR count). The van der Waals surface area contributed by atoms with Crippen molar-refractivity contribution in [3.63, 3.8) is 0 Å². The molecule has 1 aliphatic heterocycles. The van der Waals surface area contributed by atoms with Crippen LogP contribution in [-0.2, 0) is 6.42 Å². The zero-order valence-corrected chi connectivity index (χ0v) is 9.45. The van der Waals surface area contributed by atoms with Crippen LogP contribution in [0.15, 0.2) is 22.7 Å². The molecule has 1 unspecified atom stereocenters. The summed E-state index contributed by atoms with van der Waals surface area (Å²) in [7, 11) is 0. The predicted molar refractivity (Wildman–Crippen MR) is 58.3 cm³/mol. The molecule has 1 atom stereocenters. The summed E-state index contributed by atoms with van der Waals surface area (Å²) in [4.78, 5) is 10.3. The van der Waals surface area contributed by atoms with E-state index < -0.39 is 6.09 Å². The van der Waals surface area contributed by atoms with Crippen LogP contribution in [0.3, 0.4) is 0 Å². The number of hydrogen-bond donors (Lipinski definition) is 2. The molecule has 1 heterocycles. The second kappa shape index (κ2) is 4.10. The molecule has 0 saturated carbocycles. The first-order valence-electron chi connectivity index (χ1n) is 4.57. The fourth-order valence-corrected chi connectivity index (χ4v) is 2.12. The molecule has 1 aliphatic rings. The van der Waals surface area contributed by atoms with Crippen molar-refractivity contribution in [1.29, 1.82) is 0 Å². The largest absolute Gasteiger partial charge is 0.487 e. The Morgan fingerprint density at radius 2 is 2.47 bits per heavy atom. The Balaban J connectivity index is 2.03. The van der Waals surface area contributed by atoms with Gasteiger partial charge in [-0.2, -0.15) is 0 Å². The van der Waals surface area contributed by atoms with Crippen LogP contribution in [0.5, 0.6) is 5.75 Å². The Labute approximate surface area is 95.4 Å². The molecule has 4 nitrogen and oxygen atoms in total. The number of benzene rings is 1. The molecular weight excluding hydrogens is 262 g/mol. The molecule has 0 radical (unpaired) electrons. The van der Waals surface area contributed by atoms with Gasteiger partial charge in [0.15, 0.2) is 0 Å². The Morgan fingerprint density at radius 3 is 3.13 bits per heavy atom. The lowest BCUT2D eigenvalue weighted by molar-refractivity contribution is 0.180. The van der Waals surface area contributed by atoms with E-state index in [0.717, 1.165) is 22.2 Å². The van der Waals surface area contributed by atoms with Gasteiger partial charge in [0.1, 0.15) is 11.9 Å². The van der Waals surface area contributed by atoms with Crippen molar-refractivity contribution in [1.82, 2.24) is 5.32 Å². The number of carbonyl (C=O) groups is 1. The topological polar surface area (TPSA) is 58.6 Å². The third-order valence-corrected chi connectivity index (χ3v) is 2.89. The average Bonchev–Trinajstić information content (AvgIpc) is 2.59. The fourth-order valence-electron chi connectivity index (χ4n) is 1.61. The molecule has 1 aromatic rings. The van der Waals surface area contributed by atoms with Crippen LogP contribution >= 0.6 is 15.9 Å². The molecule has 0 aliphatic carbocycles. The van der Waals surface area contributed by atoms with Crippen LogP contribution in [0, 0.1) is 0 Å². The quantitative estimate of drug-likeness (QED) is 0.865. The summed E-state index contributed by atoms with van der Waals surface area (Å²) in [5.74, 6) is 0.828. The molecule has 1 amide bonds. The summed E-state index contributed by atoms with van der Waals surface area (Å²) < 4.78 is 6.53. The molecule has 80 valence electrons. The van der Waals surface area contributed by atoms with Gasteiger partial charge in [-0.15, -0.1) is 0 Å². The second-order valence-electron chi connectivity index (χ2n) is 3.36. The van der Waals surface area contributed by atoms with Gasteiger partial charge >= 0.3 is 6.09 Å². The molecule has 15 heavy (non-hydrogen) atoms. The van der Waals surface area contributed by atoms with E-state index in [1.807, 2.05) is 18.2 Å². The molecular formula is C10H10BrNO3. The van der Waals surface area contributed by atoms with E-state index in [9.17, 15) is 4.79 Å². The van der Waals surface area contributed by atoms with Gasteiger partial charge in [0.25, 0.3) is 0 Å². The highest BCUT2D eigenvalue weighted by atomic mass is 79.9. The molecule has 0 aromatic heterocycles. The maximum absolute atomic E-state index is 10.3. The van der Waals surface area contributed by atoms with Crippen LogP contribution in [0.25, 0.3) is 0 Å². The Morgan fingerprint density at radius 1 is 1.67 bits per heavy atom. The zero-order valence-electron chi connectivity index (χ0n) is 7.87. The van der Waals surface area contributed by atoms with Crippen molar-refractivity contribution in [3.05, 3.63) is 28.2 Å². The van der Waals surface area contributed by atoms with E-state index in [0.29, 0.717) is 6.54 Å². The summed E-state index contributed by atoms with van der Waals surface area (Å²) in [5, 5.41) is 10.8. The summed E-state index contributed by atoms with van der Waals surface area (Å²) in [6.45, 7) is 0.316. The first-order chi connectivity index (χ1) is 7.16. The van der Waals surface area contributed by atoms with Crippen molar-refractivity contribution in [2.24, 2.45) is 0 Å². The van der Waals surface area contributed by atoms with E-state index in [-0.39, 0.29) is 6.10 Å². The van der Waals surface area contributed by atoms with Crippen molar-refractivity contribution in [2.45, 2.75) is 12.5 Å². The first-order valence-corrected chi connectivity index (χ1v) is 5.37. The number of carboxylic acid groups (broad SMARTS) is 1. The Hall–Kier alpha value is -1.23. The first kappa shape index (κ1) is 10.3. The van der Waals surface area contributed by atoms with Crippen molar-refractivity contribution in [3.8, 4) is 5.75 Å². The minimum absolute atomic E-state index is 0.102. The zero-order chi connectivity index (χ0) is 10.8. The number of rotatable bonds is 2. The van der Waals surface area contributed by atoms with Gasteiger partial charge in [0.2, 0.25) is 0 Å². The maximum atomic E-state index is 10.3. The lowest BCUT2D eigenvalue weighted by atomic mass is 10.1. The standard InChI is InChI=1S/C10H10BrNO3/c11-8-3-1-2-6-4-7(15-9(6)8)5-12-10(13)14/h1-3,7,12H,4-5H2,(H,13,14). The van der Waals surface area contributed by atoms with Gasteiger partial charge in [-0.1, -0.05) is 12.1 Å². The Kier molecular flexibility index (Phi) is 2.81. The van der Waals surface area contributed by atoms with Crippen LogP contribution in [-0.4, -0.2) is 23.8 Å². The monoisotopic (exact) mass is 271 g/mol. The lowest BCUT2D eigenvalue weighted by Gasteiger charge is -2.10. The van der Waals surface area contributed by atoms with Gasteiger partial charge in [0, 0.05) is 6.42 Å². The lowest BCUT2D eigenvalue weighted by Crippen LogP contribution is -2.33.